The third kappa shape index (κ3) is 2.21. The normalized spacial score (nSPS) is 31.6. The molecule has 2 atom stereocenters. The summed E-state index contributed by atoms with van der Waals surface area (Å²) in [5.41, 5.74) is 0.215. The Bertz CT molecular complexity index is 211. The van der Waals surface area contributed by atoms with Crippen molar-refractivity contribution in [3.8, 4) is 0 Å². The van der Waals surface area contributed by atoms with Crippen molar-refractivity contribution in [1.82, 2.24) is 5.32 Å². The molecular formula is C13H25NO. The first-order chi connectivity index (χ1) is 7.14. The Morgan fingerprint density at radius 3 is 2.60 bits per heavy atom. The smallest absolute Gasteiger partial charge is 0.0838 e. The summed E-state index contributed by atoms with van der Waals surface area (Å²) < 4.78 is 6.05. The molecule has 2 heteroatoms. The summed E-state index contributed by atoms with van der Waals surface area (Å²) in [6, 6.07) is 0.599. The number of nitrogens with one attached hydrogen (secondary N) is 1. The first-order valence-electron chi connectivity index (χ1n) is 6.51. The van der Waals surface area contributed by atoms with Crippen LogP contribution >= 0.6 is 0 Å². The van der Waals surface area contributed by atoms with Crippen LogP contribution < -0.4 is 5.32 Å². The molecular weight excluding hydrogens is 186 g/mol. The second-order valence-corrected chi connectivity index (χ2v) is 5.81. The van der Waals surface area contributed by atoms with Gasteiger partial charge in [0.05, 0.1) is 12.2 Å². The van der Waals surface area contributed by atoms with Crippen LogP contribution in [-0.4, -0.2) is 24.8 Å². The lowest BCUT2D eigenvalue weighted by molar-refractivity contribution is -0.155. The van der Waals surface area contributed by atoms with E-state index >= 15 is 0 Å². The third-order valence-corrected chi connectivity index (χ3v) is 4.03. The Balaban J connectivity index is 1.98. The van der Waals surface area contributed by atoms with Crippen LogP contribution in [0.25, 0.3) is 0 Å². The molecule has 1 spiro atoms. The Morgan fingerprint density at radius 2 is 2.07 bits per heavy atom. The molecule has 2 fully saturated rings. The summed E-state index contributed by atoms with van der Waals surface area (Å²) in [6.07, 6.45) is 5.20. The van der Waals surface area contributed by atoms with E-state index < -0.39 is 0 Å². The van der Waals surface area contributed by atoms with Crippen LogP contribution in [0, 0.1) is 11.8 Å². The summed E-state index contributed by atoms with van der Waals surface area (Å²) in [5, 5.41) is 3.69. The van der Waals surface area contributed by atoms with E-state index in [0.717, 1.165) is 25.0 Å². The van der Waals surface area contributed by atoms with E-state index in [1.165, 1.54) is 25.7 Å². The predicted octanol–water partition coefficient (Wildman–Crippen LogP) is 2.58. The van der Waals surface area contributed by atoms with Crippen molar-refractivity contribution in [3.05, 3.63) is 0 Å². The Labute approximate surface area is 93.8 Å². The van der Waals surface area contributed by atoms with Crippen LogP contribution in [0.1, 0.15) is 46.5 Å². The minimum Gasteiger partial charge on any atom is -0.372 e. The van der Waals surface area contributed by atoms with E-state index in [9.17, 15) is 0 Å². The summed E-state index contributed by atoms with van der Waals surface area (Å²) >= 11 is 0. The zero-order chi connectivity index (χ0) is 10.9. The highest BCUT2D eigenvalue weighted by molar-refractivity contribution is 5.03. The van der Waals surface area contributed by atoms with Gasteiger partial charge in [0.1, 0.15) is 0 Å². The standard InChI is InChI=1S/C13H25NO/c1-10(2)9-11(3)12-13(5-4-6-13)15-8-7-14-12/h10-12,14H,4-9H2,1-3H3. The SMILES string of the molecule is CC(C)CC(C)C1NCCOC12CCC2. The van der Waals surface area contributed by atoms with Gasteiger partial charge in [-0.05, 0) is 37.5 Å². The minimum absolute atomic E-state index is 0.215. The van der Waals surface area contributed by atoms with Gasteiger partial charge in [0.2, 0.25) is 0 Å². The molecule has 0 radical (unpaired) electrons. The molecule has 2 rings (SSSR count). The number of ether oxygens (including phenoxy) is 1. The van der Waals surface area contributed by atoms with Gasteiger partial charge < -0.3 is 10.1 Å². The Morgan fingerprint density at radius 1 is 1.33 bits per heavy atom. The largest absolute Gasteiger partial charge is 0.372 e. The average molecular weight is 211 g/mol. The summed E-state index contributed by atoms with van der Waals surface area (Å²) in [4.78, 5) is 0. The highest BCUT2D eigenvalue weighted by atomic mass is 16.5. The van der Waals surface area contributed by atoms with Gasteiger partial charge in [0, 0.05) is 12.6 Å². The molecule has 0 aromatic carbocycles. The van der Waals surface area contributed by atoms with Gasteiger partial charge in [-0.25, -0.2) is 0 Å². The average Bonchev–Trinajstić information content (AvgIpc) is 2.14. The zero-order valence-corrected chi connectivity index (χ0v) is 10.4. The maximum absolute atomic E-state index is 6.05. The summed E-state index contributed by atoms with van der Waals surface area (Å²) in [7, 11) is 0. The van der Waals surface area contributed by atoms with Crippen molar-refractivity contribution in [2.24, 2.45) is 11.8 Å². The second-order valence-electron chi connectivity index (χ2n) is 5.81. The molecule has 2 unspecified atom stereocenters. The van der Waals surface area contributed by atoms with Crippen molar-refractivity contribution in [1.29, 1.82) is 0 Å². The topological polar surface area (TPSA) is 21.3 Å². The van der Waals surface area contributed by atoms with Gasteiger partial charge in [0.25, 0.3) is 0 Å². The van der Waals surface area contributed by atoms with Gasteiger partial charge in [0.15, 0.2) is 0 Å². The lowest BCUT2D eigenvalue weighted by Crippen LogP contribution is -2.63. The minimum atomic E-state index is 0.215. The molecule has 2 aliphatic rings. The molecule has 0 amide bonds. The van der Waals surface area contributed by atoms with Crippen LogP contribution in [0.3, 0.4) is 0 Å². The lowest BCUT2D eigenvalue weighted by atomic mass is 9.68. The number of rotatable bonds is 3. The maximum Gasteiger partial charge on any atom is 0.0838 e. The van der Waals surface area contributed by atoms with Gasteiger partial charge in [-0.1, -0.05) is 20.8 Å². The molecule has 1 N–H and O–H groups in total. The van der Waals surface area contributed by atoms with Crippen LogP contribution in [0.15, 0.2) is 0 Å². The van der Waals surface area contributed by atoms with Crippen molar-refractivity contribution in [3.63, 3.8) is 0 Å². The fraction of sp³-hybridized carbons (Fsp3) is 1.00. The fourth-order valence-corrected chi connectivity index (χ4v) is 3.32. The van der Waals surface area contributed by atoms with Gasteiger partial charge in [-0.3, -0.25) is 0 Å². The third-order valence-electron chi connectivity index (χ3n) is 4.03. The molecule has 1 heterocycles. The molecule has 2 nitrogen and oxygen atoms in total. The number of morpholine rings is 1. The van der Waals surface area contributed by atoms with Gasteiger partial charge in [-0.15, -0.1) is 0 Å². The van der Waals surface area contributed by atoms with Crippen LogP contribution in [0.4, 0.5) is 0 Å². The van der Waals surface area contributed by atoms with Gasteiger partial charge >= 0.3 is 0 Å². The zero-order valence-electron chi connectivity index (χ0n) is 10.4. The molecule has 1 saturated heterocycles. The predicted molar refractivity (Wildman–Crippen MR) is 62.9 cm³/mol. The van der Waals surface area contributed by atoms with E-state index in [0.29, 0.717) is 6.04 Å². The second kappa shape index (κ2) is 4.42. The molecule has 0 aromatic rings. The quantitative estimate of drug-likeness (QED) is 0.774. The summed E-state index contributed by atoms with van der Waals surface area (Å²) in [5.74, 6) is 1.53. The molecule has 15 heavy (non-hydrogen) atoms. The molecule has 0 aromatic heterocycles. The number of hydrogen-bond acceptors (Lipinski definition) is 2. The van der Waals surface area contributed by atoms with Crippen LogP contribution in [0.5, 0.6) is 0 Å². The molecule has 1 aliphatic carbocycles. The Kier molecular flexibility index (Phi) is 3.36. The van der Waals surface area contributed by atoms with Crippen molar-refractivity contribution >= 4 is 0 Å². The monoisotopic (exact) mass is 211 g/mol. The molecule has 0 bridgehead atoms. The van der Waals surface area contributed by atoms with Crippen molar-refractivity contribution in [2.45, 2.75) is 58.1 Å². The molecule has 1 saturated carbocycles. The van der Waals surface area contributed by atoms with E-state index in [1.54, 1.807) is 0 Å². The molecule has 1 aliphatic heterocycles. The van der Waals surface area contributed by atoms with Crippen LogP contribution in [0.2, 0.25) is 0 Å². The highest BCUT2D eigenvalue weighted by Gasteiger charge is 2.48. The van der Waals surface area contributed by atoms with Crippen molar-refractivity contribution < 1.29 is 4.74 Å². The van der Waals surface area contributed by atoms with Crippen molar-refractivity contribution in [2.75, 3.05) is 13.2 Å². The van der Waals surface area contributed by atoms with E-state index in [4.69, 9.17) is 4.74 Å². The van der Waals surface area contributed by atoms with E-state index in [1.807, 2.05) is 0 Å². The van der Waals surface area contributed by atoms with E-state index in [-0.39, 0.29) is 5.60 Å². The fourth-order valence-electron chi connectivity index (χ4n) is 3.32. The maximum atomic E-state index is 6.05. The lowest BCUT2D eigenvalue weighted by Gasteiger charge is -2.52. The van der Waals surface area contributed by atoms with Gasteiger partial charge in [-0.2, -0.15) is 0 Å². The first kappa shape index (κ1) is 11.4. The molecule has 88 valence electrons. The summed E-state index contributed by atoms with van der Waals surface area (Å²) in [6.45, 7) is 8.95. The first-order valence-corrected chi connectivity index (χ1v) is 6.51. The highest BCUT2D eigenvalue weighted by Crippen LogP contribution is 2.43. The van der Waals surface area contributed by atoms with Crippen LogP contribution in [-0.2, 0) is 4.74 Å². The Hall–Kier alpha value is -0.0800. The number of hydrogen-bond donors (Lipinski definition) is 1. The van der Waals surface area contributed by atoms with E-state index in [2.05, 4.69) is 26.1 Å².